The molecule has 2 rings (SSSR count). The predicted octanol–water partition coefficient (Wildman–Crippen LogP) is 2.24. The first-order valence-corrected chi connectivity index (χ1v) is 9.71. The van der Waals surface area contributed by atoms with Gasteiger partial charge in [-0.05, 0) is 49.0 Å². The van der Waals surface area contributed by atoms with E-state index in [9.17, 15) is 14.4 Å². The third kappa shape index (κ3) is 8.27. The average molecular weight is 429 g/mol. The summed E-state index contributed by atoms with van der Waals surface area (Å²) in [6.45, 7) is 2.37. The highest BCUT2D eigenvalue weighted by molar-refractivity contribution is 7.80. The minimum atomic E-state index is -0.463. The van der Waals surface area contributed by atoms with E-state index in [-0.39, 0.29) is 24.6 Å². The summed E-state index contributed by atoms with van der Waals surface area (Å²) >= 11 is 4.94. The Balaban J connectivity index is 1.71. The van der Waals surface area contributed by atoms with Crippen molar-refractivity contribution in [3.05, 3.63) is 65.7 Å². The number of rotatable bonds is 8. The number of thiocarbonyl (C=S) groups is 1. The van der Waals surface area contributed by atoms with E-state index < -0.39 is 17.8 Å². The second kappa shape index (κ2) is 12.2. The first kappa shape index (κ1) is 22.8. The summed E-state index contributed by atoms with van der Waals surface area (Å²) in [6.07, 6.45) is -0.119. The van der Waals surface area contributed by atoms with E-state index in [0.29, 0.717) is 17.9 Å². The zero-order valence-electron chi connectivity index (χ0n) is 16.5. The van der Waals surface area contributed by atoms with Gasteiger partial charge in [0.1, 0.15) is 12.4 Å². The molecule has 0 radical (unpaired) electrons. The Hall–Kier alpha value is -3.46. The van der Waals surface area contributed by atoms with Crippen LogP contribution in [0.4, 0.5) is 0 Å². The van der Waals surface area contributed by atoms with Crippen LogP contribution in [0.3, 0.4) is 0 Å². The van der Waals surface area contributed by atoms with E-state index in [0.717, 1.165) is 5.56 Å². The predicted molar refractivity (Wildman–Crippen MR) is 114 cm³/mol. The smallest absolute Gasteiger partial charge is 0.306 e. The lowest BCUT2D eigenvalue weighted by Crippen LogP contribution is -2.48. The van der Waals surface area contributed by atoms with Gasteiger partial charge in [-0.25, -0.2) is 0 Å². The fraction of sp³-hybridized carbons (Fsp3) is 0.238. The third-order valence-corrected chi connectivity index (χ3v) is 3.97. The summed E-state index contributed by atoms with van der Waals surface area (Å²) in [5.41, 5.74) is 6.25. The van der Waals surface area contributed by atoms with Crippen LogP contribution >= 0.6 is 12.2 Å². The molecule has 9 heteroatoms. The quantitative estimate of drug-likeness (QED) is 0.336. The van der Waals surface area contributed by atoms with Gasteiger partial charge in [0.25, 0.3) is 5.91 Å². The van der Waals surface area contributed by atoms with Gasteiger partial charge in [-0.3, -0.25) is 25.2 Å². The summed E-state index contributed by atoms with van der Waals surface area (Å²) in [5.74, 6) is -0.730. The van der Waals surface area contributed by atoms with E-state index in [4.69, 9.17) is 21.7 Å². The van der Waals surface area contributed by atoms with E-state index in [1.54, 1.807) is 31.2 Å². The SMILES string of the molecule is CCOC(=O)CCC(=O)NC(=S)NNC(=O)c1ccc(OCc2ccccc2)cc1. The highest BCUT2D eigenvalue weighted by Crippen LogP contribution is 2.14. The first-order chi connectivity index (χ1) is 14.5. The largest absolute Gasteiger partial charge is 0.489 e. The molecule has 3 N–H and O–H groups in total. The van der Waals surface area contributed by atoms with Gasteiger partial charge in [0, 0.05) is 12.0 Å². The van der Waals surface area contributed by atoms with Crippen LogP contribution in [0.15, 0.2) is 54.6 Å². The van der Waals surface area contributed by atoms with Crippen LogP contribution < -0.4 is 20.9 Å². The second-order valence-electron chi connectivity index (χ2n) is 6.06. The van der Waals surface area contributed by atoms with Crippen molar-refractivity contribution in [1.82, 2.24) is 16.2 Å². The number of amides is 2. The average Bonchev–Trinajstić information content (AvgIpc) is 2.76. The van der Waals surface area contributed by atoms with Crippen molar-refractivity contribution < 1.29 is 23.9 Å². The molecule has 2 aromatic carbocycles. The maximum absolute atomic E-state index is 12.2. The molecule has 0 aliphatic heterocycles. The van der Waals surface area contributed by atoms with Crippen LogP contribution in [-0.2, 0) is 20.9 Å². The topological polar surface area (TPSA) is 106 Å². The molecule has 0 unspecified atom stereocenters. The van der Waals surface area contributed by atoms with Crippen molar-refractivity contribution in [2.24, 2.45) is 0 Å². The molecule has 2 amide bonds. The highest BCUT2D eigenvalue weighted by Gasteiger charge is 2.10. The lowest BCUT2D eigenvalue weighted by atomic mass is 10.2. The molecule has 0 atom stereocenters. The van der Waals surface area contributed by atoms with Gasteiger partial charge in [-0.15, -0.1) is 0 Å². The highest BCUT2D eigenvalue weighted by atomic mass is 32.1. The maximum atomic E-state index is 12.2. The summed E-state index contributed by atoms with van der Waals surface area (Å²) < 4.78 is 10.4. The molecule has 2 aromatic rings. The molecule has 158 valence electrons. The summed E-state index contributed by atoms with van der Waals surface area (Å²) in [5, 5.41) is 2.28. The zero-order chi connectivity index (χ0) is 21.8. The fourth-order valence-electron chi connectivity index (χ4n) is 2.30. The summed E-state index contributed by atoms with van der Waals surface area (Å²) in [4.78, 5) is 35.1. The number of carbonyl (C=O) groups excluding carboxylic acids is 3. The lowest BCUT2D eigenvalue weighted by molar-refractivity contribution is -0.144. The molecule has 0 spiro atoms. The maximum Gasteiger partial charge on any atom is 0.306 e. The van der Waals surface area contributed by atoms with E-state index in [2.05, 4.69) is 16.2 Å². The Labute approximate surface area is 179 Å². The van der Waals surface area contributed by atoms with E-state index >= 15 is 0 Å². The van der Waals surface area contributed by atoms with Crippen molar-refractivity contribution in [2.75, 3.05) is 6.61 Å². The summed E-state index contributed by atoms with van der Waals surface area (Å²) in [7, 11) is 0. The zero-order valence-corrected chi connectivity index (χ0v) is 17.3. The van der Waals surface area contributed by atoms with Crippen LogP contribution in [0.25, 0.3) is 0 Å². The number of esters is 1. The van der Waals surface area contributed by atoms with Gasteiger partial charge >= 0.3 is 5.97 Å². The molecule has 0 bridgehead atoms. The third-order valence-electron chi connectivity index (χ3n) is 3.77. The molecular weight excluding hydrogens is 406 g/mol. The van der Waals surface area contributed by atoms with E-state index in [1.807, 2.05) is 30.3 Å². The lowest BCUT2D eigenvalue weighted by Gasteiger charge is -2.11. The van der Waals surface area contributed by atoms with Crippen LogP contribution in [0.1, 0.15) is 35.7 Å². The Kier molecular flexibility index (Phi) is 9.26. The molecular formula is C21H23N3O5S. The standard InChI is InChI=1S/C21H23N3O5S/c1-2-28-19(26)13-12-18(25)22-21(30)24-23-20(27)16-8-10-17(11-9-16)29-14-15-6-4-3-5-7-15/h3-11H,2,12-14H2,1H3,(H,23,27)(H2,22,24,25,30). The number of carbonyl (C=O) groups is 3. The molecule has 8 nitrogen and oxygen atoms in total. The van der Waals surface area contributed by atoms with Gasteiger partial charge < -0.3 is 14.8 Å². The number of ether oxygens (including phenoxy) is 2. The van der Waals surface area contributed by atoms with Gasteiger partial charge in [0.05, 0.1) is 13.0 Å². The number of benzene rings is 2. The van der Waals surface area contributed by atoms with Gasteiger partial charge in [-0.1, -0.05) is 30.3 Å². The van der Waals surface area contributed by atoms with E-state index in [1.165, 1.54) is 0 Å². The minimum Gasteiger partial charge on any atom is -0.489 e. The van der Waals surface area contributed by atoms with Gasteiger partial charge in [0.15, 0.2) is 5.11 Å². The summed E-state index contributed by atoms with van der Waals surface area (Å²) in [6, 6.07) is 16.3. The molecule has 0 aliphatic rings. The number of hydrogen-bond donors (Lipinski definition) is 3. The van der Waals surface area contributed by atoms with Gasteiger partial charge in [0.2, 0.25) is 5.91 Å². The Bertz CT molecular complexity index is 872. The first-order valence-electron chi connectivity index (χ1n) is 9.30. The molecule has 0 fully saturated rings. The number of hydrazine groups is 1. The fourth-order valence-corrected chi connectivity index (χ4v) is 2.46. The number of hydrogen-bond acceptors (Lipinski definition) is 6. The molecule has 0 heterocycles. The van der Waals surface area contributed by atoms with Crippen molar-refractivity contribution in [1.29, 1.82) is 0 Å². The van der Waals surface area contributed by atoms with Crippen LogP contribution in [0, 0.1) is 0 Å². The Morgan fingerprint density at radius 3 is 2.30 bits per heavy atom. The number of nitrogens with one attached hydrogen (secondary N) is 3. The molecule has 0 aromatic heterocycles. The molecule has 0 aliphatic carbocycles. The van der Waals surface area contributed by atoms with Crippen molar-refractivity contribution in [3.8, 4) is 5.75 Å². The Morgan fingerprint density at radius 1 is 0.933 bits per heavy atom. The molecule has 0 saturated heterocycles. The molecule has 30 heavy (non-hydrogen) atoms. The second-order valence-corrected chi connectivity index (χ2v) is 6.47. The van der Waals surface area contributed by atoms with Crippen molar-refractivity contribution in [3.63, 3.8) is 0 Å². The molecule has 0 saturated carbocycles. The van der Waals surface area contributed by atoms with Crippen molar-refractivity contribution >= 4 is 35.1 Å². The monoisotopic (exact) mass is 429 g/mol. The minimum absolute atomic E-state index is 0.0483. The van der Waals surface area contributed by atoms with Crippen LogP contribution in [0.5, 0.6) is 5.75 Å². The Morgan fingerprint density at radius 2 is 1.63 bits per heavy atom. The van der Waals surface area contributed by atoms with Crippen LogP contribution in [0.2, 0.25) is 0 Å². The van der Waals surface area contributed by atoms with Gasteiger partial charge in [-0.2, -0.15) is 0 Å². The van der Waals surface area contributed by atoms with Crippen LogP contribution in [-0.4, -0.2) is 29.5 Å². The van der Waals surface area contributed by atoms with Crippen molar-refractivity contribution in [2.45, 2.75) is 26.4 Å². The normalized spacial score (nSPS) is 9.90.